The van der Waals surface area contributed by atoms with Crippen molar-refractivity contribution in [2.45, 2.75) is 26.8 Å². The molecule has 1 N–H and O–H groups in total. The number of aryl methyl sites for hydroxylation is 2. The number of rotatable bonds is 5. The lowest BCUT2D eigenvalue weighted by molar-refractivity contribution is -0.146. The zero-order chi connectivity index (χ0) is 13.0. The summed E-state index contributed by atoms with van der Waals surface area (Å²) in [6.45, 7) is 6.01. The smallest absolute Gasteiger partial charge is 0.331 e. The molecule has 4 nitrogen and oxygen atoms in total. The summed E-state index contributed by atoms with van der Waals surface area (Å²) in [7, 11) is 0. The molecule has 0 heterocycles. The molecule has 0 saturated heterocycles. The molecule has 1 atom stereocenters. The van der Waals surface area contributed by atoms with Crippen molar-refractivity contribution in [2.75, 3.05) is 6.54 Å². The molecule has 0 aliphatic rings. The Hall–Kier alpha value is -1.84. The molecule has 0 aliphatic heterocycles. The van der Waals surface area contributed by atoms with Crippen molar-refractivity contribution < 1.29 is 14.7 Å². The zero-order valence-electron chi connectivity index (χ0n) is 10.3. The highest BCUT2D eigenvalue weighted by Crippen LogP contribution is 2.22. The first kappa shape index (κ1) is 13.2. The van der Waals surface area contributed by atoms with Gasteiger partial charge in [-0.2, -0.15) is 0 Å². The van der Waals surface area contributed by atoms with E-state index >= 15 is 0 Å². The summed E-state index contributed by atoms with van der Waals surface area (Å²) in [5.41, 5.74) is 2.76. The number of amides is 1. The summed E-state index contributed by atoms with van der Waals surface area (Å²) in [5.74, 6) is -1.01. The highest BCUT2D eigenvalue weighted by molar-refractivity contribution is 5.78. The number of likely N-dealkylation sites (N-methyl/N-ethyl adjacent to an activating group) is 1. The monoisotopic (exact) mass is 235 g/mol. The van der Waals surface area contributed by atoms with Crippen LogP contribution in [0.25, 0.3) is 0 Å². The number of carbonyl (C=O) groups excluding carboxylic acids is 1. The first-order chi connectivity index (χ1) is 8.01. The standard InChI is InChI=1S/C13H17NO3/c1-4-14(8-15)12(13(16)17)11-6-5-9(2)10(3)7-11/h5-8,12H,4H2,1-3H3,(H,16,17). The molecule has 0 radical (unpaired) electrons. The number of hydrogen-bond donors (Lipinski definition) is 1. The Morgan fingerprint density at radius 1 is 1.41 bits per heavy atom. The van der Waals surface area contributed by atoms with E-state index < -0.39 is 12.0 Å². The number of nitrogens with zero attached hydrogens (tertiary/aromatic N) is 1. The normalized spacial score (nSPS) is 11.9. The molecule has 1 amide bonds. The largest absolute Gasteiger partial charge is 0.479 e. The van der Waals surface area contributed by atoms with E-state index in [1.54, 1.807) is 13.0 Å². The van der Waals surface area contributed by atoms with Crippen molar-refractivity contribution in [1.82, 2.24) is 4.90 Å². The van der Waals surface area contributed by atoms with Crippen molar-refractivity contribution >= 4 is 12.4 Å². The van der Waals surface area contributed by atoms with Gasteiger partial charge in [0.05, 0.1) is 0 Å². The van der Waals surface area contributed by atoms with E-state index in [-0.39, 0.29) is 0 Å². The Morgan fingerprint density at radius 2 is 2.06 bits per heavy atom. The summed E-state index contributed by atoms with van der Waals surface area (Å²) in [6, 6.07) is 4.55. The van der Waals surface area contributed by atoms with E-state index in [0.717, 1.165) is 11.1 Å². The van der Waals surface area contributed by atoms with Gasteiger partial charge < -0.3 is 10.0 Å². The van der Waals surface area contributed by atoms with Crippen LogP contribution in [0.4, 0.5) is 0 Å². The van der Waals surface area contributed by atoms with Crippen molar-refractivity contribution in [3.05, 3.63) is 34.9 Å². The molecule has 0 bridgehead atoms. The second kappa shape index (κ2) is 5.48. The topological polar surface area (TPSA) is 57.6 Å². The summed E-state index contributed by atoms with van der Waals surface area (Å²) >= 11 is 0. The second-order valence-electron chi connectivity index (χ2n) is 4.02. The van der Waals surface area contributed by atoms with Crippen LogP contribution in [0.3, 0.4) is 0 Å². The van der Waals surface area contributed by atoms with Crippen LogP contribution >= 0.6 is 0 Å². The van der Waals surface area contributed by atoms with Gasteiger partial charge >= 0.3 is 5.97 Å². The molecule has 1 aromatic carbocycles. The molecule has 92 valence electrons. The summed E-state index contributed by atoms with van der Waals surface area (Å²) in [4.78, 5) is 23.4. The minimum atomic E-state index is -1.01. The Bertz CT molecular complexity index is 429. The lowest BCUT2D eigenvalue weighted by atomic mass is 10.0. The van der Waals surface area contributed by atoms with Gasteiger partial charge in [-0.1, -0.05) is 18.2 Å². The van der Waals surface area contributed by atoms with Crippen LogP contribution in [0, 0.1) is 13.8 Å². The van der Waals surface area contributed by atoms with E-state index in [1.165, 1.54) is 4.90 Å². The average molecular weight is 235 g/mol. The third-order valence-electron chi connectivity index (χ3n) is 2.91. The van der Waals surface area contributed by atoms with E-state index in [2.05, 4.69) is 0 Å². The van der Waals surface area contributed by atoms with Gasteiger partial charge in [0, 0.05) is 6.54 Å². The Kier molecular flexibility index (Phi) is 4.26. The summed E-state index contributed by atoms with van der Waals surface area (Å²) < 4.78 is 0. The third kappa shape index (κ3) is 2.84. The van der Waals surface area contributed by atoms with Crippen LogP contribution in [0.5, 0.6) is 0 Å². The molecule has 17 heavy (non-hydrogen) atoms. The van der Waals surface area contributed by atoms with Crippen LogP contribution in [0.15, 0.2) is 18.2 Å². The molecular formula is C13H17NO3. The maximum Gasteiger partial charge on any atom is 0.331 e. The fourth-order valence-corrected chi connectivity index (χ4v) is 1.73. The lowest BCUT2D eigenvalue weighted by Crippen LogP contribution is -2.33. The molecule has 1 rings (SSSR count). The molecule has 0 aromatic heterocycles. The van der Waals surface area contributed by atoms with Crippen molar-refractivity contribution in [3.63, 3.8) is 0 Å². The lowest BCUT2D eigenvalue weighted by Gasteiger charge is -2.24. The Balaban J connectivity index is 3.18. The first-order valence-corrected chi connectivity index (χ1v) is 5.52. The predicted octanol–water partition coefficient (Wildman–Crippen LogP) is 1.91. The van der Waals surface area contributed by atoms with Crippen LogP contribution < -0.4 is 0 Å². The van der Waals surface area contributed by atoms with E-state index in [1.807, 2.05) is 26.0 Å². The highest BCUT2D eigenvalue weighted by atomic mass is 16.4. The number of aliphatic carboxylic acids is 1. The quantitative estimate of drug-likeness (QED) is 0.793. The maximum absolute atomic E-state index is 11.3. The number of carbonyl (C=O) groups is 2. The van der Waals surface area contributed by atoms with Gasteiger partial charge in [0.2, 0.25) is 6.41 Å². The highest BCUT2D eigenvalue weighted by Gasteiger charge is 2.25. The Labute approximate surface area is 101 Å². The predicted molar refractivity (Wildman–Crippen MR) is 64.7 cm³/mol. The number of hydrogen-bond acceptors (Lipinski definition) is 2. The average Bonchev–Trinajstić information content (AvgIpc) is 2.29. The molecule has 0 spiro atoms. The third-order valence-corrected chi connectivity index (χ3v) is 2.91. The maximum atomic E-state index is 11.3. The number of benzene rings is 1. The molecule has 1 unspecified atom stereocenters. The second-order valence-corrected chi connectivity index (χ2v) is 4.02. The molecular weight excluding hydrogens is 218 g/mol. The fourth-order valence-electron chi connectivity index (χ4n) is 1.73. The van der Waals surface area contributed by atoms with Gasteiger partial charge in [-0.05, 0) is 37.5 Å². The van der Waals surface area contributed by atoms with Gasteiger partial charge in [0.25, 0.3) is 0 Å². The van der Waals surface area contributed by atoms with Crippen molar-refractivity contribution in [3.8, 4) is 0 Å². The molecule has 4 heteroatoms. The van der Waals surface area contributed by atoms with E-state index in [9.17, 15) is 14.7 Å². The molecule has 0 aliphatic carbocycles. The minimum absolute atomic E-state index is 0.368. The van der Waals surface area contributed by atoms with Crippen LogP contribution in [0.2, 0.25) is 0 Å². The van der Waals surface area contributed by atoms with E-state index in [0.29, 0.717) is 18.5 Å². The van der Waals surface area contributed by atoms with Gasteiger partial charge in [0.15, 0.2) is 6.04 Å². The summed E-state index contributed by atoms with van der Waals surface area (Å²) in [5, 5.41) is 9.22. The van der Waals surface area contributed by atoms with Crippen LogP contribution in [0.1, 0.15) is 29.7 Å². The summed E-state index contributed by atoms with van der Waals surface area (Å²) in [6.07, 6.45) is 0.577. The van der Waals surface area contributed by atoms with E-state index in [4.69, 9.17) is 0 Å². The first-order valence-electron chi connectivity index (χ1n) is 5.52. The molecule has 0 saturated carbocycles. The zero-order valence-corrected chi connectivity index (χ0v) is 10.3. The molecule has 1 aromatic rings. The van der Waals surface area contributed by atoms with Gasteiger partial charge in [-0.25, -0.2) is 4.79 Å². The number of carboxylic acids is 1. The SMILES string of the molecule is CCN(C=O)C(C(=O)O)c1ccc(C)c(C)c1. The van der Waals surface area contributed by atoms with Gasteiger partial charge in [0.1, 0.15) is 0 Å². The van der Waals surface area contributed by atoms with Gasteiger partial charge in [-0.15, -0.1) is 0 Å². The minimum Gasteiger partial charge on any atom is -0.479 e. The van der Waals surface area contributed by atoms with Crippen molar-refractivity contribution in [1.29, 1.82) is 0 Å². The van der Waals surface area contributed by atoms with Gasteiger partial charge in [-0.3, -0.25) is 4.79 Å². The number of carboxylic acid groups (broad SMARTS) is 1. The van der Waals surface area contributed by atoms with Crippen LogP contribution in [-0.2, 0) is 9.59 Å². The Morgan fingerprint density at radius 3 is 2.47 bits per heavy atom. The molecule has 0 fully saturated rings. The fraction of sp³-hybridized carbons (Fsp3) is 0.385. The van der Waals surface area contributed by atoms with Crippen molar-refractivity contribution in [2.24, 2.45) is 0 Å². The van der Waals surface area contributed by atoms with Crippen LogP contribution in [-0.4, -0.2) is 28.9 Å².